The molecule has 1 saturated carbocycles. The van der Waals surface area contributed by atoms with E-state index in [1.807, 2.05) is 0 Å². The Morgan fingerprint density at radius 1 is 1.43 bits per heavy atom. The highest BCUT2D eigenvalue weighted by Crippen LogP contribution is 2.26. The summed E-state index contributed by atoms with van der Waals surface area (Å²) in [7, 11) is -1.98. The molecule has 1 aliphatic rings. The van der Waals surface area contributed by atoms with Crippen LogP contribution >= 0.6 is 27.5 Å². The summed E-state index contributed by atoms with van der Waals surface area (Å²) < 4.78 is 28.9. The van der Waals surface area contributed by atoms with Crippen LogP contribution in [0.25, 0.3) is 0 Å². The molecule has 0 unspecified atom stereocenters. The van der Waals surface area contributed by atoms with Gasteiger partial charge in [-0.05, 0) is 59.9 Å². The van der Waals surface area contributed by atoms with Gasteiger partial charge in [0, 0.05) is 24.1 Å². The molecule has 0 radical (unpaired) electrons. The molecule has 0 heterocycles. The third kappa shape index (κ3) is 5.41. The Kier molecular flexibility index (Phi) is 5.90. The predicted molar refractivity (Wildman–Crippen MR) is 90.0 cm³/mol. The molecule has 0 spiro atoms. The van der Waals surface area contributed by atoms with Crippen LogP contribution in [0.15, 0.2) is 22.7 Å². The zero-order valence-corrected chi connectivity index (χ0v) is 14.9. The van der Waals surface area contributed by atoms with Gasteiger partial charge in [0.15, 0.2) is 0 Å². The van der Waals surface area contributed by atoms with Crippen LogP contribution in [0.1, 0.15) is 19.3 Å². The summed E-state index contributed by atoms with van der Waals surface area (Å²) >= 11 is 9.23. The van der Waals surface area contributed by atoms with Crippen molar-refractivity contribution in [2.75, 3.05) is 24.9 Å². The van der Waals surface area contributed by atoms with Crippen molar-refractivity contribution < 1.29 is 8.42 Å². The first-order chi connectivity index (χ1) is 9.88. The normalized spacial score (nSPS) is 15.4. The molecule has 0 atom stereocenters. The van der Waals surface area contributed by atoms with Gasteiger partial charge in [0.05, 0.1) is 10.7 Å². The zero-order chi connectivity index (χ0) is 15.5. The molecule has 118 valence electrons. The molecule has 0 bridgehead atoms. The van der Waals surface area contributed by atoms with Crippen molar-refractivity contribution in [3.05, 3.63) is 27.7 Å². The van der Waals surface area contributed by atoms with Crippen molar-refractivity contribution in [1.82, 2.24) is 9.62 Å². The van der Waals surface area contributed by atoms with Crippen LogP contribution in [0.5, 0.6) is 0 Å². The standard InChI is InChI=1S/C13H19BrClN3O2S/c1-18(8-2-7-16-10-3-4-10)21(19,20)17-11-5-6-12(14)13(15)9-11/h5-6,9-10,16-17H,2-4,7-8H2,1H3. The molecule has 0 saturated heterocycles. The van der Waals surface area contributed by atoms with Crippen LogP contribution in [-0.2, 0) is 10.2 Å². The minimum atomic E-state index is -3.55. The van der Waals surface area contributed by atoms with Crippen molar-refractivity contribution in [1.29, 1.82) is 0 Å². The minimum absolute atomic E-state index is 0.450. The lowest BCUT2D eigenvalue weighted by atomic mass is 10.3. The van der Waals surface area contributed by atoms with E-state index in [0.29, 0.717) is 23.3 Å². The van der Waals surface area contributed by atoms with E-state index in [9.17, 15) is 8.42 Å². The SMILES string of the molecule is CN(CCCNC1CC1)S(=O)(=O)Nc1ccc(Br)c(Cl)c1. The van der Waals surface area contributed by atoms with E-state index in [4.69, 9.17) is 11.6 Å². The fourth-order valence-corrected chi connectivity index (χ4v) is 3.18. The predicted octanol–water partition coefficient (Wildman–Crippen LogP) is 2.83. The van der Waals surface area contributed by atoms with Crippen molar-refractivity contribution in [3.63, 3.8) is 0 Å². The molecule has 0 aromatic heterocycles. The topological polar surface area (TPSA) is 61.4 Å². The van der Waals surface area contributed by atoms with Gasteiger partial charge in [-0.25, -0.2) is 0 Å². The Morgan fingerprint density at radius 2 is 2.14 bits per heavy atom. The van der Waals surface area contributed by atoms with Gasteiger partial charge in [0.1, 0.15) is 0 Å². The third-order valence-corrected chi connectivity index (χ3v) is 5.97. The van der Waals surface area contributed by atoms with Gasteiger partial charge in [-0.2, -0.15) is 12.7 Å². The first-order valence-electron chi connectivity index (χ1n) is 6.81. The van der Waals surface area contributed by atoms with Gasteiger partial charge in [-0.3, -0.25) is 4.72 Å². The van der Waals surface area contributed by atoms with Crippen LogP contribution in [0.2, 0.25) is 5.02 Å². The van der Waals surface area contributed by atoms with E-state index < -0.39 is 10.2 Å². The molecule has 2 N–H and O–H groups in total. The van der Waals surface area contributed by atoms with Gasteiger partial charge in [-0.15, -0.1) is 0 Å². The van der Waals surface area contributed by atoms with Crippen LogP contribution in [0.4, 0.5) is 5.69 Å². The first kappa shape index (κ1) is 17.0. The zero-order valence-electron chi connectivity index (χ0n) is 11.8. The molecule has 1 aliphatic carbocycles. The average Bonchev–Trinajstić information content (AvgIpc) is 3.22. The number of anilines is 1. The van der Waals surface area contributed by atoms with Crippen molar-refractivity contribution in [2.24, 2.45) is 0 Å². The number of halogens is 2. The van der Waals surface area contributed by atoms with Gasteiger partial charge >= 0.3 is 10.2 Å². The van der Waals surface area contributed by atoms with E-state index >= 15 is 0 Å². The van der Waals surface area contributed by atoms with E-state index in [1.54, 1.807) is 25.2 Å². The molecule has 8 heteroatoms. The first-order valence-corrected chi connectivity index (χ1v) is 9.42. The highest BCUT2D eigenvalue weighted by Gasteiger charge is 2.21. The Morgan fingerprint density at radius 3 is 2.76 bits per heavy atom. The molecule has 1 aromatic rings. The Bertz CT molecular complexity index is 593. The van der Waals surface area contributed by atoms with Gasteiger partial charge in [0.25, 0.3) is 0 Å². The average molecular weight is 397 g/mol. The molecule has 1 aromatic carbocycles. The maximum atomic E-state index is 12.2. The van der Waals surface area contributed by atoms with Gasteiger partial charge in [-0.1, -0.05) is 11.6 Å². The molecular weight excluding hydrogens is 378 g/mol. The second kappa shape index (κ2) is 7.28. The number of nitrogens with one attached hydrogen (secondary N) is 2. The molecule has 0 amide bonds. The fraction of sp³-hybridized carbons (Fsp3) is 0.538. The fourth-order valence-electron chi connectivity index (χ4n) is 1.80. The van der Waals surface area contributed by atoms with Crippen molar-refractivity contribution in [3.8, 4) is 0 Å². The second-order valence-electron chi connectivity index (χ2n) is 5.14. The lowest BCUT2D eigenvalue weighted by Gasteiger charge is -2.18. The molecule has 5 nitrogen and oxygen atoms in total. The van der Waals surface area contributed by atoms with Crippen LogP contribution < -0.4 is 10.0 Å². The number of hydrogen-bond acceptors (Lipinski definition) is 3. The highest BCUT2D eigenvalue weighted by molar-refractivity contribution is 9.10. The van der Waals surface area contributed by atoms with Crippen molar-refractivity contribution in [2.45, 2.75) is 25.3 Å². The largest absolute Gasteiger partial charge is 0.314 e. The van der Waals surface area contributed by atoms with Gasteiger partial charge in [0.2, 0.25) is 0 Å². The maximum absolute atomic E-state index is 12.2. The quantitative estimate of drug-likeness (QED) is 0.664. The number of rotatable bonds is 8. The van der Waals surface area contributed by atoms with E-state index in [0.717, 1.165) is 17.4 Å². The van der Waals surface area contributed by atoms with Crippen LogP contribution in [0.3, 0.4) is 0 Å². The Hall–Kier alpha value is -0.340. The number of nitrogens with zero attached hydrogens (tertiary/aromatic N) is 1. The molecule has 21 heavy (non-hydrogen) atoms. The number of hydrogen-bond donors (Lipinski definition) is 2. The summed E-state index contributed by atoms with van der Waals surface area (Å²) in [6.07, 6.45) is 3.26. The van der Waals surface area contributed by atoms with Gasteiger partial charge < -0.3 is 5.32 Å². The molecule has 2 rings (SSSR count). The lowest BCUT2D eigenvalue weighted by molar-refractivity contribution is 0.458. The van der Waals surface area contributed by atoms with Crippen LogP contribution in [-0.4, -0.2) is 38.9 Å². The van der Waals surface area contributed by atoms with E-state index in [-0.39, 0.29) is 0 Å². The molecular formula is C13H19BrClN3O2S. The minimum Gasteiger partial charge on any atom is -0.314 e. The Labute approximate surface area is 139 Å². The third-order valence-electron chi connectivity index (χ3n) is 3.24. The summed E-state index contributed by atoms with van der Waals surface area (Å²) in [5, 5.41) is 3.83. The highest BCUT2D eigenvalue weighted by atomic mass is 79.9. The summed E-state index contributed by atoms with van der Waals surface area (Å²) in [4.78, 5) is 0. The summed E-state index contributed by atoms with van der Waals surface area (Å²) in [6.45, 7) is 1.31. The molecule has 0 aliphatic heterocycles. The lowest BCUT2D eigenvalue weighted by Crippen LogP contribution is -2.34. The maximum Gasteiger partial charge on any atom is 0.301 e. The molecule has 1 fully saturated rings. The summed E-state index contributed by atoms with van der Waals surface area (Å²) in [6, 6.07) is 5.59. The summed E-state index contributed by atoms with van der Waals surface area (Å²) in [5.41, 5.74) is 0.450. The summed E-state index contributed by atoms with van der Waals surface area (Å²) in [5.74, 6) is 0. The van der Waals surface area contributed by atoms with Crippen molar-refractivity contribution >= 4 is 43.4 Å². The van der Waals surface area contributed by atoms with E-state index in [1.165, 1.54) is 17.1 Å². The van der Waals surface area contributed by atoms with E-state index in [2.05, 4.69) is 26.0 Å². The smallest absolute Gasteiger partial charge is 0.301 e. The second-order valence-corrected chi connectivity index (χ2v) is 8.18. The van der Waals surface area contributed by atoms with Crippen LogP contribution in [0, 0.1) is 0 Å². The number of benzene rings is 1. The monoisotopic (exact) mass is 395 g/mol. The Balaban J connectivity index is 1.85.